The molecule has 1 N–H and O–H groups in total. The molecule has 0 unspecified atom stereocenters. The van der Waals surface area contributed by atoms with Crippen molar-refractivity contribution in [2.45, 2.75) is 12.3 Å². The summed E-state index contributed by atoms with van der Waals surface area (Å²) in [6.07, 6.45) is -7.41. The Balaban J connectivity index is 3.03. The minimum atomic E-state index is -4.78. The Bertz CT molecular complexity index is 337. The number of halogens is 5. The van der Waals surface area contributed by atoms with Crippen molar-refractivity contribution in [1.82, 2.24) is 0 Å². The zero-order chi connectivity index (χ0) is 10.9. The quantitative estimate of drug-likeness (QED) is 0.733. The van der Waals surface area contributed by atoms with Crippen LogP contribution in [0.25, 0.3) is 0 Å². The molecule has 0 fully saturated rings. The fraction of sp³-hybridized carbons (Fsp3) is 0.250. The van der Waals surface area contributed by atoms with Crippen molar-refractivity contribution in [3.63, 3.8) is 0 Å². The first-order chi connectivity index (χ1) is 6.32. The second kappa shape index (κ2) is 3.74. The van der Waals surface area contributed by atoms with Gasteiger partial charge in [-0.3, -0.25) is 0 Å². The zero-order valence-electron chi connectivity index (χ0n) is 6.65. The summed E-state index contributed by atoms with van der Waals surface area (Å²) in [6, 6.07) is 2.35. The van der Waals surface area contributed by atoms with Crippen LogP contribution in [0, 0.1) is 5.82 Å². The number of hydrogen-bond donors (Lipinski definition) is 1. The number of hydrogen-bond acceptors (Lipinski definition) is 1. The fourth-order valence-electron chi connectivity index (χ4n) is 0.871. The summed E-state index contributed by atoms with van der Waals surface area (Å²) in [4.78, 5) is 0. The highest BCUT2D eigenvalue weighted by Crippen LogP contribution is 2.33. The summed E-state index contributed by atoms with van der Waals surface area (Å²) in [7, 11) is 0. The van der Waals surface area contributed by atoms with E-state index in [9.17, 15) is 17.6 Å². The van der Waals surface area contributed by atoms with E-state index in [0.717, 1.165) is 18.2 Å². The lowest BCUT2D eigenvalue weighted by atomic mass is 10.1. The van der Waals surface area contributed by atoms with Gasteiger partial charge in [-0.05, 0) is 17.7 Å². The highest BCUT2D eigenvalue weighted by atomic mass is 35.5. The van der Waals surface area contributed by atoms with Crippen molar-refractivity contribution >= 4 is 11.6 Å². The molecule has 1 atom stereocenters. The van der Waals surface area contributed by atoms with E-state index in [0.29, 0.717) is 0 Å². The SMILES string of the molecule is O[C@H](c1ccc(F)c(Cl)c1)C(F)(F)F. The van der Waals surface area contributed by atoms with Gasteiger partial charge >= 0.3 is 6.18 Å². The van der Waals surface area contributed by atoms with Crippen molar-refractivity contribution in [3.8, 4) is 0 Å². The number of alkyl halides is 3. The molecule has 0 heterocycles. The molecule has 1 aromatic rings. The Morgan fingerprint density at radius 1 is 1.29 bits per heavy atom. The molecule has 0 bridgehead atoms. The Hall–Kier alpha value is -0.810. The fourth-order valence-corrected chi connectivity index (χ4v) is 1.06. The lowest BCUT2D eigenvalue weighted by Crippen LogP contribution is -2.20. The maximum absolute atomic E-state index is 12.6. The molecule has 14 heavy (non-hydrogen) atoms. The molecule has 1 aromatic carbocycles. The summed E-state index contributed by atoms with van der Waals surface area (Å²) in [5.41, 5.74) is -0.482. The first kappa shape index (κ1) is 11.3. The number of aliphatic hydroxyl groups is 1. The highest BCUT2D eigenvalue weighted by molar-refractivity contribution is 6.30. The van der Waals surface area contributed by atoms with Crippen LogP contribution < -0.4 is 0 Å². The monoisotopic (exact) mass is 228 g/mol. The van der Waals surface area contributed by atoms with Gasteiger partial charge in [0.2, 0.25) is 0 Å². The number of benzene rings is 1. The third-order valence-electron chi connectivity index (χ3n) is 1.57. The van der Waals surface area contributed by atoms with E-state index < -0.39 is 28.7 Å². The van der Waals surface area contributed by atoms with E-state index in [-0.39, 0.29) is 0 Å². The average Bonchev–Trinajstić information content (AvgIpc) is 2.07. The summed E-state index contributed by atoms with van der Waals surface area (Å²) in [5.74, 6) is -0.829. The van der Waals surface area contributed by atoms with Gasteiger partial charge < -0.3 is 5.11 Å². The van der Waals surface area contributed by atoms with Crippen molar-refractivity contribution < 1.29 is 22.7 Å². The topological polar surface area (TPSA) is 20.2 Å². The Kier molecular flexibility index (Phi) is 3.01. The Labute approximate surface area is 81.9 Å². The Morgan fingerprint density at radius 3 is 2.29 bits per heavy atom. The second-order valence-electron chi connectivity index (χ2n) is 2.62. The summed E-state index contributed by atoms with van der Waals surface area (Å²) in [5, 5.41) is 8.31. The van der Waals surface area contributed by atoms with Crippen LogP contribution in [0.15, 0.2) is 18.2 Å². The smallest absolute Gasteiger partial charge is 0.379 e. The lowest BCUT2D eigenvalue weighted by Gasteiger charge is -2.14. The normalized spacial score (nSPS) is 14.1. The van der Waals surface area contributed by atoms with Crippen LogP contribution in [0.3, 0.4) is 0 Å². The molecular formula is C8H5ClF4O. The van der Waals surface area contributed by atoms with Gasteiger partial charge in [0.1, 0.15) is 5.82 Å². The molecule has 0 spiro atoms. The third-order valence-corrected chi connectivity index (χ3v) is 1.86. The largest absolute Gasteiger partial charge is 0.418 e. The molecule has 0 aliphatic heterocycles. The third kappa shape index (κ3) is 2.36. The van der Waals surface area contributed by atoms with Crippen LogP contribution >= 0.6 is 11.6 Å². The summed E-state index contributed by atoms with van der Waals surface area (Å²) >= 11 is 5.25. The minimum Gasteiger partial charge on any atom is -0.379 e. The molecule has 0 aromatic heterocycles. The van der Waals surface area contributed by atoms with Crippen LogP contribution in [-0.2, 0) is 0 Å². The summed E-state index contributed by atoms with van der Waals surface area (Å²) in [6.45, 7) is 0. The molecule has 0 saturated heterocycles. The van der Waals surface area contributed by atoms with Gasteiger partial charge in [-0.2, -0.15) is 13.2 Å². The van der Waals surface area contributed by atoms with Gasteiger partial charge in [0.25, 0.3) is 0 Å². The van der Waals surface area contributed by atoms with Gasteiger partial charge in [0.15, 0.2) is 6.10 Å². The van der Waals surface area contributed by atoms with E-state index >= 15 is 0 Å². The predicted molar refractivity (Wildman–Crippen MR) is 42.4 cm³/mol. The molecule has 1 rings (SSSR count). The van der Waals surface area contributed by atoms with E-state index in [1.54, 1.807) is 0 Å². The summed E-state index contributed by atoms with van der Waals surface area (Å²) < 4.78 is 48.5. The number of rotatable bonds is 1. The highest BCUT2D eigenvalue weighted by Gasteiger charge is 2.39. The van der Waals surface area contributed by atoms with Crippen molar-refractivity contribution in [3.05, 3.63) is 34.6 Å². The van der Waals surface area contributed by atoms with E-state index in [1.165, 1.54) is 0 Å². The average molecular weight is 229 g/mol. The van der Waals surface area contributed by atoms with Crippen LogP contribution in [-0.4, -0.2) is 11.3 Å². The minimum absolute atomic E-state index is 0.453. The van der Waals surface area contributed by atoms with Crippen molar-refractivity contribution in [2.24, 2.45) is 0 Å². The van der Waals surface area contributed by atoms with Crippen molar-refractivity contribution in [2.75, 3.05) is 0 Å². The maximum atomic E-state index is 12.6. The van der Waals surface area contributed by atoms with E-state index in [1.807, 2.05) is 0 Å². The maximum Gasteiger partial charge on any atom is 0.418 e. The van der Waals surface area contributed by atoms with Gasteiger partial charge in [0, 0.05) is 0 Å². The molecular weight excluding hydrogens is 224 g/mol. The second-order valence-corrected chi connectivity index (χ2v) is 3.02. The van der Waals surface area contributed by atoms with Crippen LogP contribution in [0.4, 0.5) is 17.6 Å². The van der Waals surface area contributed by atoms with Gasteiger partial charge in [-0.15, -0.1) is 0 Å². The molecule has 6 heteroatoms. The van der Waals surface area contributed by atoms with Gasteiger partial charge in [0.05, 0.1) is 5.02 Å². The predicted octanol–water partition coefficient (Wildman–Crippen LogP) is 3.07. The standard InChI is InChI=1S/C8H5ClF4O/c9-5-3-4(1-2-6(5)10)7(14)8(11,12)13/h1-3,7,14H/t7-/m1/s1. The Morgan fingerprint density at radius 2 is 1.86 bits per heavy atom. The van der Waals surface area contributed by atoms with Crippen LogP contribution in [0.5, 0.6) is 0 Å². The first-order valence-corrected chi connectivity index (χ1v) is 3.90. The van der Waals surface area contributed by atoms with Gasteiger partial charge in [-0.25, -0.2) is 4.39 Å². The lowest BCUT2D eigenvalue weighted by molar-refractivity contribution is -0.206. The molecule has 78 valence electrons. The first-order valence-electron chi connectivity index (χ1n) is 3.52. The van der Waals surface area contributed by atoms with E-state index in [2.05, 4.69) is 0 Å². The molecule has 0 amide bonds. The number of aliphatic hydroxyl groups excluding tert-OH is 1. The van der Waals surface area contributed by atoms with Gasteiger partial charge in [-0.1, -0.05) is 17.7 Å². The molecule has 1 nitrogen and oxygen atoms in total. The van der Waals surface area contributed by atoms with Crippen LogP contribution in [0.2, 0.25) is 5.02 Å². The zero-order valence-corrected chi connectivity index (χ0v) is 7.40. The van der Waals surface area contributed by atoms with Crippen molar-refractivity contribution in [1.29, 1.82) is 0 Å². The molecule has 0 radical (unpaired) electrons. The molecule has 0 saturated carbocycles. The van der Waals surface area contributed by atoms with Crippen LogP contribution in [0.1, 0.15) is 11.7 Å². The van der Waals surface area contributed by atoms with E-state index in [4.69, 9.17) is 16.7 Å². The molecule has 0 aliphatic rings. The molecule has 0 aliphatic carbocycles.